The van der Waals surface area contributed by atoms with Crippen molar-refractivity contribution in [3.05, 3.63) is 184 Å². The molecule has 1 aliphatic heterocycles. The Balaban J connectivity index is 1.21. The van der Waals surface area contributed by atoms with Gasteiger partial charge >= 0.3 is 7.87 Å². The minimum atomic E-state index is -3.41. The minimum absolute atomic E-state index is 0.00328. The second-order valence-corrected chi connectivity index (χ2v) is 23.7. The second-order valence-electron chi connectivity index (χ2n) is 19.2. The Bertz CT molecular complexity index is 2810. The summed E-state index contributed by atoms with van der Waals surface area (Å²) in [5.74, 6) is 0.747. The molecule has 3 heterocycles. The maximum Gasteiger partial charge on any atom is 0.345 e. The highest BCUT2D eigenvalue weighted by molar-refractivity contribution is 7.63. The van der Waals surface area contributed by atoms with Crippen molar-refractivity contribution < 1.29 is 33.2 Å². The van der Waals surface area contributed by atoms with Crippen molar-refractivity contribution in [2.75, 3.05) is 32.3 Å². The molecule has 378 valence electrons. The molecule has 0 bridgehead atoms. The highest BCUT2D eigenvalue weighted by atomic mass is 31.2. The van der Waals surface area contributed by atoms with E-state index in [-0.39, 0.29) is 59.6 Å². The standard InChI is InChI=1S/C56H67N6O8PSi/c1-37(2)53(63)59-55-58-52-50(54(64)60-55)57-36-61(52)49-34-47(70-71(65,62(38(3)4)39(5)6)32-33-72-51(40-18-12-9-13-19-40)41-20-14-10-15-21-41)48(69-49)35-68-56(42-22-16-11-17-23-42,43-24-28-45(66-7)29-25-43)44-26-30-46(67-8)31-27-44/h9-31,36-39,47-49,51,65H,32-35,72H2,1-8H3,(H-,58,59,60,63,64)/p+1/t47-,48+,49+,71?/m0/s1. The average Bonchev–Trinajstić information content (AvgIpc) is 4.00. The molecule has 3 N–H and O–H groups in total. The number of methoxy groups -OCH3 is 2. The smallest absolute Gasteiger partial charge is 0.345 e. The summed E-state index contributed by atoms with van der Waals surface area (Å²) in [6, 6.07) is 47.8. The van der Waals surface area contributed by atoms with Gasteiger partial charge in [0.05, 0.1) is 27.2 Å². The van der Waals surface area contributed by atoms with Crippen LogP contribution in [0.4, 0.5) is 5.95 Å². The van der Waals surface area contributed by atoms with Gasteiger partial charge in [0.15, 0.2) is 11.2 Å². The van der Waals surface area contributed by atoms with E-state index in [9.17, 15) is 14.5 Å². The Kier molecular flexibility index (Phi) is 16.9. The summed E-state index contributed by atoms with van der Waals surface area (Å²) < 4.78 is 37.1. The van der Waals surface area contributed by atoms with Gasteiger partial charge in [0.1, 0.15) is 41.7 Å². The third-order valence-corrected chi connectivity index (χ3v) is 19.4. The largest absolute Gasteiger partial charge is 0.497 e. The van der Waals surface area contributed by atoms with Gasteiger partial charge in [-0.2, -0.15) is 9.51 Å². The van der Waals surface area contributed by atoms with Crippen molar-refractivity contribution in [2.45, 2.75) is 95.7 Å². The van der Waals surface area contributed by atoms with Crippen LogP contribution in [0.5, 0.6) is 11.5 Å². The third-order valence-electron chi connectivity index (χ3n) is 13.4. The lowest BCUT2D eigenvalue weighted by Crippen LogP contribution is -2.42. The molecule has 1 unspecified atom stereocenters. The zero-order valence-corrected chi connectivity index (χ0v) is 44.8. The third kappa shape index (κ3) is 11.4. The van der Waals surface area contributed by atoms with Crippen LogP contribution >= 0.6 is 7.87 Å². The number of anilines is 1. The number of amides is 1. The number of carbonyl (C=O) groups is 1. The first kappa shape index (κ1) is 52.3. The number of aromatic nitrogens is 4. The predicted molar refractivity (Wildman–Crippen MR) is 287 cm³/mol. The number of hydrogen-bond acceptors (Lipinski definition) is 11. The minimum Gasteiger partial charge on any atom is -0.497 e. The number of ether oxygens (including phenoxy) is 4. The summed E-state index contributed by atoms with van der Waals surface area (Å²) in [4.78, 5) is 51.6. The number of nitrogens with one attached hydrogen (secondary N) is 2. The molecule has 1 amide bonds. The van der Waals surface area contributed by atoms with Crippen LogP contribution in [0.15, 0.2) is 151 Å². The molecule has 7 aromatic rings. The van der Waals surface area contributed by atoms with Crippen LogP contribution in [-0.2, 0) is 24.4 Å². The fourth-order valence-corrected chi connectivity index (χ4v) is 16.6. The summed E-state index contributed by atoms with van der Waals surface area (Å²) in [5, 5.41) is 2.73. The van der Waals surface area contributed by atoms with E-state index in [1.807, 2.05) is 91.0 Å². The zero-order valence-electron chi connectivity index (χ0n) is 42.5. The van der Waals surface area contributed by atoms with Crippen LogP contribution in [0.3, 0.4) is 0 Å². The van der Waals surface area contributed by atoms with Gasteiger partial charge < -0.3 is 18.9 Å². The number of aromatic amines is 1. The monoisotopic (exact) mass is 1010 g/mol. The van der Waals surface area contributed by atoms with Crippen LogP contribution in [-0.4, -0.2) is 95.8 Å². The molecular formula is C56H68N6O8PSi+. The number of carbonyl (C=O) groups excluding carboxylic acids is 1. The van der Waals surface area contributed by atoms with Crippen LogP contribution in [0.2, 0.25) is 6.04 Å². The van der Waals surface area contributed by atoms with E-state index < -0.39 is 47.0 Å². The van der Waals surface area contributed by atoms with E-state index in [4.69, 9.17) is 28.5 Å². The molecule has 1 fully saturated rings. The SMILES string of the molecule is COc1ccc(C(OC[C@H]2O[C@@H](n3cnc4c(=O)[nH]c(NC(=O)C(C)C)nc43)C[C@@H]2O[P+](O)(CC[SiH2]C(c2ccccc2)c2ccccc2)N(C(C)C)C(C)C)(c2ccccc2)c2ccc(OC)cc2)cc1. The fourth-order valence-electron chi connectivity index (χ4n) is 10.0. The lowest BCUT2D eigenvalue weighted by atomic mass is 9.80. The normalized spacial score (nSPS) is 17.2. The van der Waals surface area contributed by atoms with Crippen molar-refractivity contribution >= 4 is 40.4 Å². The highest BCUT2D eigenvalue weighted by Gasteiger charge is 2.54. The number of rotatable bonds is 22. The molecule has 0 aliphatic carbocycles. The first-order valence-corrected chi connectivity index (χ1v) is 28.5. The first-order valence-electron chi connectivity index (χ1n) is 24.8. The number of imidazole rings is 1. The molecule has 72 heavy (non-hydrogen) atoms. The van der Waals surface area contributed by atoms with Gasteiger partial charge in [-0.1, -0.05) is 129 Å². The zero-order chi connectivity index (χ0) is 51.0. The van der Waals surface area contributed by atoms with Gasteiger partial charge in [-0.05, 0) is 91.4 Å². The van der Waals surface area contributed by atoms with Gasteiger partial charge in [0, 0.05) is 33.9 Å². The van der Waals surface area contributed by atoms with Gasteiger partial charge in [-0.15, -0.1) is 4.67 Å². The van der Waals surface area contributed by atoms with Crippen molar-refractivity contribution in [2.24, 2.45) is 5.92 Å². The summed E-state index contributed by atoms with van der Waals surface area (Å²) in [6.07, 6.45) is -0.000582. The van der Waals surface area contributed by atoms with E-state index in [2.05, 4.69) is 96.2 Å². The molecule has 16 heteroatoms. The lowest BCUT2D eigenvalue weighted by Gasteiger charge is -2.38. The average molecular weight is 1010 g/mol. The molecule has 8 rings (SSSR count). The molecule has 1 saturated heterocycles. The van der Waals surface area contributed by atoms with E-state index in [0.717, 1.165) is 22.7 Å². The van der Waals surface area contributed by atoms with Crippen molar-refractivity contribution in [3.8, 4) is 11.5 Å². The molecule has 2 aromatic heterocycles. The highest BCUT2D eigenvalue weighted by Crippen LogP contribution is 2.64. The molecule has 14 nitrogen and oxygen atoms in total. The summed E-state index contributed by atoms with van der Waals surface area (Å²) in [7, 11) is -1.01. The molecule has 5 aromatic carbocycles. The molecule has 4 atom stereocenters. The van der Waals surface area contributed by atoms with Crippen molar-refractivity contribution in [3.63, 3.8) is 0 Å². The maximum atomic E-state index is 13.5. The number of benzene rings is 5. The quantitative estimate of drug-likeness (QED) is 0.0337. The number of H-pyrrole nitrogens is 1. The number of hydrogen-bond donors (Lipinski definition) is 3. The summed E-state index contributed by atoms with van der Waals surface area (Å²) >= 11 is 0. The molecule has 0 saturated carbocycles. The second kappa shape index (κ2) is 23.2. The topological polar surface area (TPSA) is 162 Å². The Hall–Kier alpha value is -6.03. The molecule has 1 aliphatic rings. The molecule has 0 radical (unpaired) electrons. The Morgan fingerprint density at radius 3 is 1.86 bits per heavy atom. The molecule has 0 spiro atoms. The van der Waals surface area contributed by atoms with Crippen LogP contribution in [0, 0.1) is 5.92 Å². The predicted octanol–water partition coefficient (Wildman–Crippen LogP) is 9.66. The van der Waals surface area contributed by atoms with Crippen molar-refractivity contribution in [1.29, 1.82) is 0 Å². The number of nitrogens with zero attached hydrogens (tertiary/aromatic N) is 4. The van der Waals surface area contributed by atoms with Gasteiger partial charge in [-0.25, -0.2) is 9.88 Å². The van der Waals surface area contributed by atoms with Crippen molar-refractivity contribution in [1.82, 2.24) is 24.2 Å². The van der Waals surface area contributed by atoms with Crippen LogP contribution in [0.25, 0.3) is 11.2 Å². The summed E-state index contributed by atoms with van der Waals surface area (Å²) in [6.45, 7) is 11.9. The fraction of sp³-hybridized carbons (Fsp3) is 0.357. The lowest BCUT2D eigenvalue weighted by molar-refractivity contribution is -0.118. The van der Waals surface area contributed by atoms with E-state index in [1.54, 1.807) is 32.6 Å². The number of fused-ring (bicyclic) bond motifs is 1. The molecular weight excluding hydrogens is 944 g/mol. The first-order chi connectivity index (χ1) is 34.7. The van der Waals surface area contributed by atoms with E-state index in [0.29, 0.717) is 17.7 Å². The van der Waals surface area contributed by atoms with Gasteiger partial charge in [0.25, 0.3) is 5.56 Å². The van der Waals surface area contributed by atoms with Crippen LogP contribution in [0.1, 0.15) is 87.5 Å². The van der Waals surface area contributed by atoms with Gasteiger partial charge in [0.2, 0.25) is 11.9 Å². The van der Waals surface area contributed by atoms with E-state index in [1.165, 1.54) is 17.5 Å². The Labute approximate surface area is 425 Å². The maximum absolute atomic E-state index is 13.5. The van der Waals surface area contributed by atoms with Gasteiger partial charge in [-0.3, -0.25) is 24.5 Å². The van der Waals surface area contributed by atoms with E-state index >= 15 is 0 Å². The Morgan fingerprint density at radius 2 is 1.35 bits per heavy atom. The Morgan fingerprint density at radius 1 is 0.819 bits per heavy atom. The van der Waals surface area contributed by atoms with Crippen LogP contribution < -0.4 is 20.3 Å². The summed E-state index contributed by atoms with van der Waals surface area (Å²) in [5.41, 5.74) is 3.98.